The zero-order valence-corrected chi connectivity index (χ0v) is 32.8. The average Bonchev–Trinajstić information content (AvgIpc) is 3.29. The predicted octanol–water partition coefficient (Wildman–Crippen LogP) is 9.72. The van der Waals surface area contributed by atoms with E-state index in [9.17, 15) is 0 Å². The molecule has 58 heavy (non-hydrogen) atoms. The highest BCUT2D eigenvalue weighted by atomic mass is 14.9. The molecule has 0 amide bonds. The molecule has 2 aliphatic carbocycles. The molecule has 3 heteroatoms. The van der Waals surface area contributed by atoms with E-state index in [0.29, 0.717) is 11.5 Å². The molecule has 0 saturated heterocycles. The molecule has 6 aromatic carbocycles. The summed E-state index contributed by atoms with van der Waals surface area (Å²) in [5.74, 6) is 0.903. The van der Waals surface area contributed by atoms with Crippen LogP contribution < -0.4 is 20.9 Å². The fourth-order valence-corrected chi connectivity index (χ4v) is 8.49. The van der Waals surface area contributed by atoms with Gasteiger partial charge in [0.2, 0.25) is 0 Å². The number of hydrogen-bond acceptors (Lipinski definition) is 2. The monoisotopic (exact) mass is 745 g/mol. The van der Waals surface area contributed by atoms with Gasteiger partial charge in [0, 0.05) is 36.0 Å². The van der Waals surface area contributed by atoms with E-state index in [1.807, 2.05) is 18.5 Å². The molecule has 7 aromatic rings. The minimum absolute atomic E-state index is 0.138. The van der Waals surface area contributed by atoms with Crippen molar-refractivity contribution in [3.05, 3.63) is 244 Å². The largest absolute Gasteiger partial charge is 0.264 e. The molecule has 0 N–H and O–H groups in total. The number of pyridine rings is 1. The first-order chi connectivity index (χ1) is 28.6. The normalized spacial score (nSPS) is 17.1. The molecule has 1 unspecified atom stereocenters. The summed E-state index contributed by atoms with van der Waals surface area (Å²) in [6.45, 7) is 8.63. The Hall–Kier alpha value is -7.23. The number of amidine groups is 1. The summed E-state index contributed by atoms with van der Waals surface area (Å²) in [5, 5.41) is 7.30. The minimum atomic E-state index is 0.138. The van der Waals surface area contributed by atoms with Crippen molar-refractivity contribution >= 4 is 45.6 Å². The number of aliphatic imine (C=N–C) groups is 2. The lowest BCUT2D eigenvalue weighted by atomic mass is 9.69. The fraction of sp³-hybridized carbons (Fsp3) is 0.0727. The molecule has 2 aliphatic rings. The first-order valence-electron chi connectivity index (χ1n) is 19.9. The highest BCUT2D eigenvalue weighted by Gasteiger charge is 2.32. The highest BCUT2D eigenvalue weighted by molar-refractivity contribution is 6.07. The third-order valence-electron chi connectivity index (χ3n) is 11.4. The van der Waals surface area contributed by atoms with Gasteiger partial charge in [0.25, 0.3) is 0 Å². The van der Waals surface area contributed by atoms with Crippen LogP contribution in [0.4, 0.5) is 0 Å². The molecular formula is C55H43N3. The Bertz CT molecular complexity index is 3090. The molecule has 1 heterocycles. The molecule has 9 rings (SSSR count). The summed E-state index contributed by atoms with van der Waals surface area (Å²) in [6.07, 6.45) is 16.9. The van der Waals surface area contributed by atoms with E-state index < -0.39 is 0 Å². The average molecular weight is 746 g/mol. The maximum atomic E-state index is 5.20. The Morgan fingerprint density at radius 3 is 2.14 bits per heavy atom. The third-order valence-corrected chi connectivity index (χ3v) is 11.4. The number of allylic oxidation sites excluding steroid dienone is 5. The van der Waals surface area contributed by atoms with Crippen LogP contribution in [-0.2, 0) is 0 Å². The van der Waals surface area contributed by atoms with E-state index >= 15 is 0 Å². The molecule has 278 valence electrons. The molecule has 3 nitrogen and oxygen atoms in total. The molecule has 2 atom stereocenters. The minimum Gasteiger partial charge on any atom is -0.264 e. The van der Waals surface area contributed by atoms with E-state index in [-0.39, 0.29) is 11.8 Å². The SMILES string of the molecule is C=C(/N=C(\N=C\c1ccc(-c2cccnc2)cc1)c1cccc(C2=c3ccccc3=C(c3cccc4ccccc34)C3C=CC=C[C@@H]23)c1)/C(C)=c1\cccc\c1=C\C. The van der Waals surface area contributed by atoms with Gasteiger partial charge in [-0.1, -0.05) is 176 Å². The Kier molecular flexibility index (Phi) is 10.1. The first kappa shape index (κ1) is 36.4. The van der Waals surface area contributed by atoms with Gasteiger partial charge >= 0.3 is 0 Å². The molecule has 0 radical (unpaired) electrons. The maximum Gasteiger partial charge on any atom is 0.159 e. The molecular weight excluding hydrogens is 703 g/mol. The standard InChI is InChI=1S/C55H43N3/c1-4-40-16-5-7-22-46(40)37(2)38(3)58-55(57-35-39-29-31-41(32-30-39)45-21-15-33-56-36-45)44-20-13-19-43(34-44)53-49-24-9-11-26-51(49)54(52-27-12-10-25-50(52)53)48-28-14-18-42-17-6-8-23-47(42)48/h4-36,49,51H,3H2,1-2H3/b40-4-,46-37+,57-35+,58-55-/t49-,51?/m1/s1. The summed E-state index contributed by atoms with van der Waals surface area (Å²) in [6, 6.07) is 53.8. The Balaban J connectivity index is 1.21. The first-order valence-corrected chi connectivity index (χ1v) is 19.9. The molecule has 0 spiro atoms. The summed E-state index contributed by atoms with van der Waals surface area (Å²) < 4.78 is 0. The smallest absolute Gasteiger partial charge is 0.159 e. The van der Waals surface area contributed by atoms with Crippen LogP contribution in [0, 0.1) is 11.8 Å². The highest BCUT2D eigenvalue weighted by Crippen LogP contribution is 2.42. The fourth-order valence-electron chi connectivity index (χ4n) is 8.49. The van der Waals surface area contributed by atoms with Crippen LogP contribution in [0.1, 0.15) is 36.1 Å². The van der Waals surface area contributed by atoms with Gasteiger partial charge in [0.1, 0.15) is 0 Å². The van der Waals surface area contributed by atoms with Gasteiger partial charge < -0.3 is 0 Å². The lowest BCUT2D eigenvalue weighted by Gasteiger charge is -2.33. The lowest BCUT2D eigenvalue weighted by Crippen LogP contribution is -2.40. The Morgan fingerprint density at radius 2 is 1.34 bits per heavy atom. The molecule has 0 fully saturated rings. The van der Waals surface area contributed by atoms with E-state index in [1.165, 1.54) is 37.9 Å². The second-order valence-corrected chi connectivity index (χ2v) is 14.8. The summed E-state index contributed by atoms with van der Waals surface area (Å²) in [4.78, 5) is 14.6. The van der Waals surface area contributed by atoms with Crippen LogP contribution >= 0.6 is 0 Å². The molecule has 0 aliphatic heterocycles. The van der Waals surface area contributed by atoms with Gasteiger partial charge in [-0.25, -0.2) is 9.98 Å². The van der Waals surface area contributed by atoms with E-state index in [2.05, 4.69) is 201 Å². The van der Waals surface area contributed by atoms with Crippen molar-refractivity contribution in [3.63, 3.8) is 0 Å². The van der Waals surface area contributed by atoms with Crippen LogP contribution in [0.2, 0.25) is 0 Å². The summed E-state index contributed by atoms with van der Waals surface area (Å²) in [7, 11) is 0. The maximum absolute atomic E-state index is 5.20. The molecule has 0 saturated carbocycles. The van der Waals surface area contributed by atoms with Crippen molar-refractivity contribution in [3.8, 4) is 11.1 Å². The van der Waals surface area contributed by atoms with Crippen molar-refractivity contribution in [2.24, 2.45) is 21.8 Å². The quantitative estimate of drug-likeness (QED) is 0.118. The van der Waals surface area contributed by atoms with E-state index in [1.54, 1.807) is 6.20 Å². The van der Waals surface area contributed by atoms with Crippen LogP contribution in [0.3, 0.4) is 0 Å². The van der Waals surface area contributed by atoms with Gasteiger partial charge in [-0.3, -0.25) is 4.98 Å². The van der Waals surface area contributed by atoms with Gasteiger partial charge in [-0.15, -0.1) is 0 Å². The van der Waals surface area contributed by atoms with Crippen LogP contribution in [-0.4, -0.2) is 17.0 Å². The number of nitrogens with zero attached hydrogens (tertiary/aromatic N) is 3. The lowest BCUT2D eigenvalue weighted by molar-refractivity contribution is 0.687. The van der Waals surface area contributed by atoms with Crippen molar-refractivity contribution < 1.29 is 0 Å². The van der Waals surface area contributed by atoms with Crippen LogP contribution in [0.25, 0.3) is 44.7 Å². The Morgan fingerprint density at radius 1 is 0.655 bits per heavy atom. The van der Waals surface area contributed by atoms with Gasteiger partial charge in [0.05, 0.1) is 5.70 Å². The van der Waals surface area contributed by atoms with E-state index in [0.717, 1.165) is 43.8 Å². The van der Waals surface area contributed by atoms with Crippen molar-refractivity contribution in [2.75, 3.05) is 0 Å². The second-order valence-electron chi connectivity index (χ2n) is 14.8. The third kappa shape index (κ3) is 7.04. The summed E-state index contributed by atoms with van der Waals surface area (Å²) >= 11 is 0. The number of hydrogen-bond donors (Lipinski definition) is 0. The van der Waals surface area contributed by atoms with Crippen molar-refractivity contribution in [2.45, 2.75) is 13.8 Å². The zero-order chi connectivity index (χ0) is 39.4. The van der Waals surface area contributed by atoms with Crippen LogP contribution in [0.5, 0.6) is 0 Å². The van der Waals surface area contributed by atoms with Crippen molar-refractivity contribution in [1.29, 1.82) is 0 Å². The van der Waals surface area contributed by atoms with Crippen molar-refractivity contribution in [1.82, 2.24) is 4.98 Å². The van der Waals surface area contributed by atoms with E-state index in [4.69, 9.17) is 9.98 Å². The molecule has 1 aromatic heterocycles. The zero-order valence-electron chi connectivity index (χ0n) is 32.8. The Labute approximate surface area is 339 Å². The second kappa shape index (κ2) is 16.1. The van der Waals surface area contributed by atoms with Crippen LogP contribution in [0.15, 0.2) is 211 Å². The molecule has 0 bridgehead atoms. The predicted molar refractivity (Wildman–Crippen MR) is 244 cm³/mol. The summed E-state index contributed by atoms with van der Waals surface area (Å²) in [5.41, 5.74) is 10.9. The van der Waals surface area contributed by atoms with Gasteiger partial charge in [0.15, 0.2) is 5.84 Å². The number of fused-ring (bicyclic) bond motifs is 3. The van der Waals surface area contributed by atoms with Gasteiger partial charge in [-0.2, -0.15) is 0 Å². The number of rotatable bonds is 7. The number of benzene rings is 6. The topological polar surface area (TPSA) is 37.6 Å². The van der Waals surface area contributed by atoms with Gasteiger partial charge in [-0.05, 0) is 102 Å². The number of aromatic nitrogens is 1.